The zero-order chi connectivity index (χ0) is 13.3. The van der Waals surface area contributed by atoms with Crippen molar-refractivity contribution in [2.75, 3.05) is 0 Å². The third kappa shape index (κ3) is 2.64. The summed E-state index contributed by atoms with van der Waals surface area (Å²) in [7, 11) is 0. The van der Waals surface area contributed by atoms with Gasteiger partial charge in [0.1, 0.15) is 11.4 Å². The zero-order valence-electron chi connectivity index (χ0n) is 10.2. The van der Waals surface area contributed by atoms with Crippen LogP contribution in [0.5, 0.6) is 0 Å². The van der Waals surface area contributed by atoms with E-state index in [2.05, 4.69) is 22.9 Å². The molecule has 0 aromatic heterocycles. The van der Waals surface area contributed by atoms with Gasteiger partial charge in [-0.05, 0) is 49.8 Å². The smallest absolute Gasteiger partial charge is 0.197 e. The predicted molar refractivity (Wildman–Crippen MR) is 71.0 cm³/mol. The molecular formula is C14H16BrFO2. The third-order valence-electron chi connectivity index (χ3n) is 3.70. The van der Waals surface area contributed by atoms with E-state index in [1.165, 1.54) is 12.1 Å². The molecule has 4 heteroatoms. The highest BCUT2D eigenvalue weighted by atomic mass is 79.9. The van der Waals surface area contributed by atoms with Crippen LogP contribution in [0.3, 0.4) is 0 Å². The number of rotatable bonds is 2. The van der Waals surface area contributed by atoms with Crippen LogP contribution in [0.1, 0.15) is 43.0 Å². The first-order chi connectivity index (χ1) is 8.42. The van der Waals surface area contributed by atoms with Crippen LogP contribution in [-0.2, 0) is 0 Å². The number of Topliss-reactive ketones (excluding diaryl/α,β-unsaturated/α-hetero) is 1. The monoisotopic (exact) mass is 314 g/mol. The molecule has 2 nitrogen and oxygen atoms in total. The molecule has 0 radical (unpaired) electrons. The first-order valence-electron chi connectivity index (χ1n) is 6.14. The van der Waals surface area contributed by atoms with Crippen LogP contribution in [0.25, 0.3) is 0 Å². The Balaban J connectivity index is 2.28. The minimum Gasteiger partial charge on any atom is -0.382 e. The number of carbonyl (C=O) groups is 1. The van der Waals surface area contributed by atoms with E-state index in [0.29, 0.717) is 23.2 Å². The molecule has 1 aliphatic carbocycles. The van der Waals surface area contributed by atoms with Crippen molar-refractivity contribution < 1.29 is 14.3 Å². The second kappa shape index (κ2) is 5.10. The number of hydrogen-bond acceptors (Lipinski definition) is 2. The lowest BCUT2D eigenvalue weighted by Crippen LogP contribution is -2.42. The molecule has 0 heterocycles. The van der Waals surface area contributed by atoms with E-state index in [0.717, 1.165) is 12.8 Å². The van der Waals surface area contributed by atoms with E-state index in [9.17, 15) is 14.3 Å². The minimum absolute atomic E-state index is 0.0265. The lowest BCUT2D eigenvalue weighted by atomic mass is 9.76. The van der Waals surface area contributed by atoms with Gasteiger partial charge in [0, 0.05) is 4.47 Å². The van der Waals surface area contributed by atoms with Crippen molar-refractivity contribution >= 4 is 21.7 Å². The van der Waals surface area contributed by atoms with Gasteiger partial charge in [0.05, 0.1) is 5.56 Å². The maximum absolute atomic E-state index is 13.7. The summed E-state index contributed by atoms with van der Waals surface area (Å²) in [6.45, 7) is 2.10. The van der Waals surface area contributed by atoms with Crippen LogP contribution < -0.4 is 0 Å². The molecule has 2 rings (SSSR count). The van der Waals surface area contributed by atoms with Gasteiger partial charge in [-0.15, -0.1) is 0 Å². The van der Waals surface area contributed by atoms with Crippen molar-refractivity contribution in [3.05, 3.63) is 34.1 Å². The van der Waals surface area contributed by atoms with Gasteiger partial charge in [0.2, 0.25) is 0 Å². The van der Waals surface area contributed by atoms with Gasteiger partial charge in [0.15, 0.2) is 5.78 Å². The number of benzene rings is 1. The molecule has 1 N–H and O–H groups in total. The standard InChI is InChI=1S/C14H16BrFO2/c1-9-4-6-14(18,7-5-9)13(17)11-8-10(15)2-3-12(11)16/h2-3,8-9,18H,4-7H2,1H3. The number of aliphatic hydroxyl groups is 1. The predicted octanol–water partition coefficient (Wildman–Crippen LogP) is 3.71. The highest BCUT2D eigenvalue weighted by molar-refractivity contribution is 9.10. The first kappa shape index (κ1) is 13.7. The summed E-state index contributed by atoms with van der Waals surface area (Å²) in [5.41, 5.74) is -1.42. The summed E-state index contributed by atoms with van der Waals surface area (Å²) in [6.07, 6.45) is 2.44. The number of halogens is 2. The number of hydrogen-bond donors (Lipinski definition) is 1. The minimum atomic E-state index is -1.39. The van der Waals surface area contributed by atoms with Crippen molar-refractivity contribution in [3.8, 4) is 0 Å². The zero-order valence-corrected chi connectivity index (χ0v) is 11.8. The molecule has 18 heavy (non-hydrogen) atoms. The molecule has 0 amide bonds. The van der Waals surface area contributed by atoms with Crippen LogP contribution in [0.2, 0.25) is 0 Å². The summed E-state index contributed by atoms with van der Waals surface area (Å²) < 4.78 is 14.3. The fourth-order valence-electron chi connectivity index (χ4n) is 2.39. The topological polar surface area (TPSA) is 37.3 Å². The maximum Gasteiger partial charge on any atom is 0.197 e. The van der Waals surface area contributed by atoms with Gasteiger partial charge >= 0.3 is 0 Å². The van der Waals surface area contributed by atoms with E-state index in [1.54, 1.807) is 6.07 Å². The molecule has 1 aromatic carbocycles. The van der Waals surface area contributed by atoms with Crippen LogP contribution in [0.15, 0.2) is 22.7 Å². The molecule has 1 aromatic rings. The molecule has 1 saturated carbocycles. The quantitative estimate of drug-likeness (QED) is 0.845. The molecule has 0 bridgehead atoms. The summed E-state index contributed by atoms with van der Waals surface area (Å²) in [6, 6.07) is 4.22. The van der Waals surface area contributed by atoms with Crippen molar-refractivity contribution in [1.29, 1.82) is 0 Å². The number of carbonyl (C=O) groups excluding carboxylic acids is 1. The van der Waals surface area contributed by atoms with Gasteiger partial charge in [-0.2, -0.15) is 0 Å². The van der Waals surface area contributed by atoms with E-state index >= 15 is 0 Å². The second-order valence-electron chi connectivity index (χ2n) is 5.17. The van der Waals surface area contributed by atoms with Crippen molar-refractivity contribution in [3.63, 3.8) is 0 Å². The Morgan fingerprint density at radius 1 is 1.44 bits per heavy atom. The fraction of sp³-hybridized carbons (Fsp3) is 0.500. The maximum atomic E-state index is 13.7. The van der Waals surface area contributed by atoms with Gasteiger partial charge in [-0.1, -0.05) is 22.9 Å². The summed E-state index contributed by atoms with van der Waals surface area (Å²) in [5, 5.41) is 10.4. The van der Waals surface area contributed by atoms with Crippen molar-refractivity contribution in [2.24, 2.45) is 5.92 Å². The molecule has 1 fully saturated rings. The Morgan fingerprint density at radius 2 is 2.06 bits per heavy atom. The average Bonchev–Trinajstić information content (AvgIpc) is 2.35. The van der Waals surface area contributed by atoms with E-state index in [4.69, 9.17) is 0 Å². The molecule has 98 valence electrons. The molecular weight excluding hydrogens is 299 g/mol. The lowest BCUT2D eigenvalue weighted by Gasteiger charge is -2.33. The van der Waals surface area contributed by atoms with Gasteiger partial charge in [-0.3, -0.25) is 4.79 Å². The van der Waals surface area contributed by atoms with Crippen molar-refractivity contribution in [1.82, 2.24) is 0 Å². The Labute approximate surface area is 114 Å². The molecule has 1 aliphatic rings. The summed E-state index contributed by atoms with van der Waals surface area (Å²) >= 11 is 3.22. The molecule has 0 aliphatic heterocycles. The van der Waals surface area contributed by atoms with Crippen LogP contribution >= 0.6 is 15.9 Å². The highest BCUT2D eigenvalue weighted by Crippen LogP contribution is 2.35. The van der Waals surface area contributed by atoms with Crippen LogP contribution in [0, 0.1) is 11.7 Å². The molecule has 0 unspecified atom stereocenters. The SMILES string of the molecule is CC1CCC(O)(C(=O)c2cc(Br)ccc2F)CC1. The van der Waals surface area contributed by atoms with Gasteiger partial charge in [-0.25, -0.2) is 4.39 Å². The van der Waals surface area contributed by atoms with E-state index < -0.39 is 17.2 Å². The molecule has 0 spiro atoms. The Hall–Kier alpha value is -0.740. The fourth-order valence-corrected chi connectivity index (χ4v) is 2.75. The third-order valence-corrected chi connectivity index (χ3v) is 4.19. The second-order valence-corrected chi connectivity index (χ2v) is 6.08. The van der Waals surface area contributed by atoms with E-state index in [1.807, 2.05) is 0 Å². The van der Waals surface area contributed by atoms with E-state index in [-0.39, 0.29) is 5.56 Å². The van der Waals surface area contributed by atoms with Crippen LogP contribution in [0.4, 0.5) is 4.39 Å². The summed E-state index contributed by atoms with van der Waals surface area (Å²) in [5.74, 6) is -0.547. The van der Waals surface area contributed by atoms with Crippen LogP contribution in [-0.4, -0.2) is 16.5 Å². The normalized spacial score (nSPS) is 28.1. The summed E-state index contributed by atoms with van der Waals surface area (Å²) in [4.78, 5) is 12.3. The number of ketones is 1. The average molecular weight is 315 g/mol. The molecule has 0 saturated heterocycles. The van der Waals surface area contributed by atoms with Crippen molar-refractivity contribution in [2.45, 2.75) is 38.2 Å². The largest absolute Gasteiger partial charge is 0.382 e. The lowest BCUT2D eigenvalue weighted by molar-refractivity contribution is 0.00391. The van der Waals surface area contributed by atoms with Gasteiger partial charge in [0.25, 0.3) is 0 Å². The first-order valence-corrected chi connectivity index (χ1v) is 6.94. The van der Waals surface area contributed by atoms with Gasteiger partial charge < -0.3 is 5.11 Å². The molecule has 0 atom stereocenters. The highest BCUT2D eigenvalue weighted by Gasteiger charge is 2.40. The Morgan fingerprint density at radius 3 is 2.67 bits per heavy atom. The Kier molecular flexibility index (Phi) is 3.87. The Bertz CT molecular complexity index is 465.